The van der Waals surface area contributed by atoms with Gasteiger partial charge in [-0.2, -0.15) is 0 Å². The smallest absolute Gasteiger partial charge is 0.184 e. The van der Waals surface area contributed by atoms with Crippen molar-refractivity contribution in [2.45, 2.75) is 31.5 Å². The van der Waals surface area contributed by atoms with E-state index in [-0.39, 0.29) is 11.3 Å². The van der Waals surface area contributed by atoms with Crippen LogP contribution in [-0.4, -0.2) is 25.3 Å². The Kier molecular flexibility index (Phi) is 1.82. The number of allylic oxidation sites excluding steroid dienone is 1. The zero-order valence-corrected chi connectivity index (χ0v) is 10.1. The number of Topliss-reactive ketones (excluding diaryl/α,β-unsaturated/α-hetero) is 1. The number of hydrogen-bond acceptors (Lipinski definition) is 3. The predicted octanol–water partition coefficient (Wildman–Crippen LogP) is 1.92. The Bertz CT molecular complexity index is 416. The van der Waals surface area contributed by atoms with Crippen molar-refractivity contribution in [3.8, 4) is 0 Å². The minimum Gasteiger partial charge on any atom is -0.352 e. The molecular weight excluding hydrogens is 216 g/mol. The van der Waals surface area contributed by atoms with Gasteiger partial charge in [-0.1, -0.05) is 18.6 Å². The van der Waals surface area contributed by atoms with Gasteiger partial charge in [0, 0.05) is 13.0 Å². The largest absolute Gasteiger partial charge is 0.352 e. The van der Waals surface area contributed by atoms with Crippen molar-refractivity contribution in [3.63, 3.8) is 0 Å². The maximum absolute atomic E-state index is 12.7. The zero-order chi connectivity index (χ0) is 11.7. The van der Waals surface area contributed by atoms with Crippen LogP contribution in [0.4, 0.5) is 0 Å². The summed E-state index contributed by atoms with van der Waals surface area (Å²) < 4.78 is 11.6. The van der Waals surface area contributed by atoms with Crippen molar-refractivity contribution >= 4 is 5.78 Å². The van der Waals surface area contributed by atoms with Crippen LogP contribution in [0.5, 0.6) is 0 Å². The number of carbonyl (C=O) groups excluding carboxylic acids is 1. The molecule has 0 aromatic carbocycles. The van der Waals surface area contributed by atoms with Crippen LogP contribution >= 0.6 is 0 Å². The van der Waals surface area contributed by atoms with Gasteiger partial charge in [0.15, 0.2) is 11.6 Å². The van der Waals surface area contributed by atoms with E-state index in [2.05, 4.69) is 12.2 Å². The maximum atomic E-state index is 12.7. The van der Waals surface area contributed by atoms with Crippen LogP contribution in [0.25, 0.3) is 0 Å². The van der Waals surface area contributed by atoms with E-state index in [0.29, 0.717) is 17.6 Å². The molecule has 4 aliphatic rings. The fourth-order valence-corrected chi connectivity index (χ4v) is 4.97. The maximum Gasteiger partial charge on any atom is 0.184 e. The Morgan fingerprint density at radius 3 is 3.12 bits per heavy atom. The van der Waals surface area contributed by atoms with Gasteiger partial charge in [0.2, 0.25) is 0 Å². The lowest BCUT2D eigenvalue weighted by Gasteiger charge is -2.48. The number of ether oxygens (including phenoxy) is 2. The molecule has 17 heavy (non-hydrogen) atoms. The first-order chi connectivity index (χ1) is 8.24. The van der Waals surface area contributed by atoms with Gasteiger partial charge in [-0.05, 0) is 25.2 Å². The molecule has 3 aliphatic carbocycles. The molecule has 1 spiro atoms. The minimum atomic E-state index is -0.636. The third-order valence-electron chi connectivity index (χ3n) is 5.61. The highest BCUT2D eigenvalue weighted by atomic mass is 16.7. The van der Waals surface area contributed by atoms with Gasteiger partial charge in [-0.25, -0.2) is 0 Å². The first kappa shape index (κ1) is 10.3. The fourth-order valence-electron chi connectivity index (χ4n) is 4.97. The van der Waals surface area contributed by atoms with E-state index in [0.717, 1.165) is 25.9 Å². The van der Waals surface area contributed by atoms with Gasteiger partial charge < -0.3 is 9.47 Å². The van der Waals surface area contributed by atoms with Gasteiger partial charge in [0.25, 0.3) is 0 Å². The summed E-state index contributed by atoms with van der Waals surface area (Å²) in [5.41, 5.74) is -0.148. The SMILES string of the molecule is CO[C@]12OCC[C@H]1[C@H]1CCC[C@]13C=C[C@H]2C3=O. The zero-order valence-electron chi connectivity index (χ0n) is 10.1. The summed E-state index contributed by atoms with van der Waals surface area (Å²) >= 11 is 0. The average Bonchev–Trinajstić information content (AvgIpc) is 2.99. The lowest BCUT2D eigenvalue weighted by Crippen LogP contribution is -2.58. The predicted molar refractivity (Wildman–Crippen MR) is 61.2 cm³/mol. The van der Waals surface area contributed by atoms with Crippen LogP contribution < -0.4 is 0 Å². The van der Waals surface area contributed by atoms with Gasteiger partial charge in [-0.15, -0.1) is 0 Å². The Balaban J connectivity index is 1.90. The summed E-state index contributed by atoms with van der Waals surface area (Å²) in [7, 11) is 1.69. The summed E-state index contributed by atoms with van der Waals surface area (Å²) in [5.74, 6) is 0.428. The second-order valence-corrected chi connectivity index (χ2v) is 5.91. The first-order valence-electron chi connectivity index (χ1n) is 6.67. The monoisotopic (exact) mass is 234 g/mol. The standard InChI is InChI=1S/C14H18O3/c1-16-14-10(5-8-17-14)9-3-2-6-13(9)7-4-11(14)12(13)15/h4,7,9-11H,2-3,5-6,8H2,1H3/t9-,10+,11+,13+,14+/m1/s1. The fraction of sp³-hybridized carbons (Fsp3) is 0.786. The molecule has 92 valence electrons. The molecule has 0 amide bonds. The highest BCUT2D eigenvalue weighted by molar-refractivity contribution is 5.95. The summed E-state index contributed by atoms with van der Waals surface area (Å²) in [6.45, 7) is 0.739. The van der Waals surface area contributed by atoms with E-state index in [1.54, 1.807) is 7.11 Å². The molecule has 3 heteroatoms. The first-order valence-corrected chi connectivity index (χ1v) is 6.67. The van der Waals surface area contributed by atoms with Crippen LogP contribution in [0.2, 0.25) is 0 Å². The van der Waals surface area contributed by atoms with Crippen LogP contribution in [0.3, 0.4) is 0 Å². The van der Waals surface area contributed by atoms with Crippen molar-refractivity contribution in [1.29, 1.82) is 0 Å². The molecule has 0 aromatic rings. The Morgan fingerprint density at radius 1 is 1.41 bits per heavy atom. The molecule has 1 aliphatic heterocycles. The van der Waals surface area contributed by atoms with Gasteiger partial charge in [-0.3, -0.25) is 4.79 Å². The van der Waals surface area contributed by atoms with E-state index < -0.39 is 5.79 Å². The lowest BCUT2D eigenvalue weighted by atomic mass is 9.60. The molecule has 4 rings (SSSR count). The Morgan fingerprint density at radius 2 is 2.29 bits per heavy atom. The third-order valence-corrected chi connectivity index (χ3v) is 5.61. The van der Waals surface area contributed by atoms with Crippen LogP contribution in [-0.2, 0) is 14.3 Å². The third kappa shape index (κ3) is 0.923. The van der Waals surface area contributed by atoms with Crippen molar-refractivity contribution in [2.24, 2.45) is 23.2 Å². The lowest BCUT2D eigenvalue weighted by molar-refractivity contribution is -0.256. The van der Waals surface area contributed by atoms with E-state index in [9.17, 15) is 4.79 Å². The molecule has 0 N–H and O–H groups in total. The number of ketones is 1. The Hall–Kier alpha value is -0.670. The highest BCUT2D eigenvalue weighted by Crippen LogP contribution is 2.64. The molecule has 3 nitrogen and oxygen atoms in total. The number of hydrogen-bond donors (Lipinski definition) is 0. The second-order valence-electron chi connectivity index (χ2n) is 5.91. The average molecular weight is 234 g/mol. The molecule has 1 saturated heterocycles. The second kappa shape index (κ2) is 3.01. The molecule has 0 radical (unpaired) electrons. The van der Waals surface area contributed by atoms with Gasteiger partial charge >= 0.3 is 0 Å². The van der Waals surface area contributed by atoms with Crippen LogP contribution in [0.15, 0.2) is 12.2 Å². The molecule has 5 atom stereocenters. The van der Waals surface area contributed by atoms with Crippen molar-refractivity contribution in [3.05, 3.63) is 12.2 Å². The summed E-state index contributed by atoms with van der Waals surface area (Å²) in [6, 6.07) is 0. The molecule has 1 heterocycles. The quantitative estimate of drug-likeness (QED) is 0.650. The van der Waals surface area contributed by atoms with Crippen LogP contribution in [0.1, 0.15) is 25.7 Å². The number of rotatable bonds is 1. The van der Waals surface area contributed by atoms with E-state index in [1.165, 1.54) is 6.42 Å². The molecule has 3 fully saturated rings. The molecular formula is C14H18O3. The summed E-state index contributed by atoms with van der Waals surface area (Å²) in [5, 5.41) is 0. The molecule has 2 bridgehead atoms. The topological polar surface area (TPSA) is 35.5 Å². The van der Waals surface area contributed by atoms with E-state index in [1.807, 2.05) is 0 Å². The Labute approximate surface area is 101 Å². The van der Waals surface area contributed by atoms with Crippen molar-refractivity contribution < 1.29 is 14.3 Å². The highest BCUT2D eigenvalue weighted by Gasteiger charge is 2.69. The number of carbonyl (C=O) groups is 1. The minimum absolute atomic E-state index is 0.148. The van der Waals surface area contributed by atoms with E-state index in [4.69, 9.17) is 9.47 Å². The molecule has 0 aromatic heterocycles. The molecule has 2 saturated carbocycles. The number of fused-ring (bicyclic) bond motifs is 4. The summed E-state index contributed by atoms with van der Waals surface area (Å²) in [6.07, 6.45) is 8.66. The van der Waals surface area contributed by atoms with Crippen molar-refractivity contribution in [1.82, 2.24) is 0 Å². The molecule has 0 unspecified atom stereocenters. The summed E-state index contributed by atoms with van der Waals surface area (Å²) in [4.78, 5) is 12.7. The van der Waals surface area contributed by atoms with Crippen LogP contribution in [0, 0.1) is 23.2 Å². The normalized spacial score (nSPS) is 55.1. The van der Waals surface area contributed by atoms with Gasteiger partial charge in [0.1, 0.15) is 0 Å². The van der Waals surface area contributed by atoms with Crippen molar-refractivity contribution in [2.75, 3.05) is 13.7 Å². The van der Waals surface area contributed by atoms with Gasteiger partial charge in [0.05, 0.1) is 17.9 Å². The van der Waals surface area contributed by atoms with E-state index >= 15 is 0 Å². The number of methoxy groups -OCH3 is 1.